The van der Waals surface area contributed by atoms with E-state index >= 15 is 0 Å². The molecule has 0 bridgehead atoms. The van der Waals surface area contributed by atoms with Gasteiger partial charge in [-0.2, -0.15) is 0 Å². The number of methoxy groups -OCH3 is 1. The minimum atomic E-state index is -0.309. The first-order chi connectivity index (χ1) is 10.7. The predicted molar refractivity (Wildman–Crippen MR) is 84.7 cm³/mol. The van der Waals surface area contributed by atoms with E-state index < -0.39 is 0 Å². The van der Waals surface area contributed by atoms with Crippen LogP contribution in [-0.4, -0.2) is 63.2 Å². The van der Waals surface area contributed by atoms with Crippen molar-refractivity contribution in [2.24, 2.45) is 0 Å². The van der Waals surface area contributed by atoms with E-state index in [0.29, 0.717) is 13.1 Å². The lowest BCUT2D eigenvalue weighted by Gasteiger charge is -2.35. The molecule has 120 valence electrons. The summed E-state index contributed by atoms with van der Waals surface area (Å²) in [5, 5.41) is 2.74. The average molecular weight is 305 g/mol. The van der Waals surface area contributed by atoms with E-state index in [9.17, 15) is 9.59 Å². The Morgan fingerprint density at radius 1 is 1.14 bits per heavy atom. The third kappa shape index (κ3) is 5.04. The van der Waals surface area contributed by atoms with Crippen LogP contribution in [-0.2, 0) is 14.3 Å². The highest BCUT2D eigenvalue weighted by molar-refractivity contribution is 5.78. The number of hydrogen-bond donors (Lipinski definition) is 1. The molecule has 0 saturated carbocycles. The topological polar surface area (TPSA) is 61.9 Å². The number of nitrogens with zero attached hydrogens (tertiary/aromatic N) is 2. The van der Waals surface area contributed by atoms with E-state index in [4.69, 9.17) is 0 Å². The maximum atomic E-state index is 11.8. The Hall–Kier alpha value is -2.08. The molecule has 22 heavy (non-hydrogen) atoms. The van der Waals surface area contributed by atoms with Crippen molar-refractivity contribution in [2.75, 3.05) is 51.3 Å². The Bertz CT molecular complexity index is 485. The maximum Gasteiger partial charge on any atom is 0.307 e. The van der Waals surface area contributed by atoms with E-state index in [1.807, 2.05) is 18.2 Å². The van der Waals surface area contributed by atoms with Gasteiger partial charge in [-0.25, -0.2) is 0 Å². The molecule has 0 aliphatic carbocycles. The molecule has 0 atom stereocenters. The Morgan fingerprint density at radius 3 is 2.45 bits per heavy atom. The van der Waals surface area contributed by atoms with Crippen LogP contribution in [0.15, 0.2) is 30.3 Å². The van der Waals surface area contributed by atoms with Crippen molar-refractivity contribution >= 4 is 17.6 Å². The normalized spacial score (nSPS) is 15.4. The van der Waals surface area contributed by atoms with Crippen LogP contribution in [0.3, 0.4) is 0 Å². The van der Waals surface area contributed by atoms with Crippen LogP contribution in [0.2, 0.25) is 0 Å². The van der Waals surface area contributed by atoms with Crippen LogP contribution >= 0.6 is 0 Å². The fourth-order valence-electron chi connectivity index (χ4n) is 2.47. The molecule has 1 saturated heterocycles. The van der Waals surface area contributed by atoms with Crippen LogP contribution in [0.25, 0.3) is 0 Å². The summed E-state index contributed by atoms with van der Waals surface area (Å²) in [5.74, 6) is -0.353. The number of benzene rings is 1. The molecule has 0 aromatic heterocycles. The van der Waals surface area contributed by atoms with Gasteiger partial charge in [0.2, 0.25) is 5.91 Å². The van der Waals surface area contributed by atoms with Gasteiger partial charge in [0, 0.05) is 38.4 Å². The number of amides is 1. The summed E-state index contributed by atoms with van der Waals surface area (Å²) in [5.41, 5.74) is 1.23. The van der Waals surface area contributed by atoms with E-state index in [1.54, 1.807) is 0 Å². The summed E-state index contributed by atoms with van der Waals surface area (Å²) in [4.78, 5) is 27.2. The van der Waals surface area contributed by atoms with Crippen LogP contribution in [0.5, 0.6) is 0 Å². The lowest BCUT2D eigenvalue weighted by molar-refractivity contribution is -0.140. The van der Waals surface area contributed by atoms with Gasteiger partial charge in [0.15, 0.2) is 0 Å². The molecule has 2 rings (SSSR count). The Kier molecular flexibility index (Phi) is 6.21. The summed E-state index contributed by atoms with van der Waals surface area (Å²) >= 11 is 0. The number of para-hydroxylation sites is 1. The molecule has 1 fully saturated rings. The van der Waals surface area contributed by atoms with E-state index in [1.165, 1.54) is 12.8 Å². The number of carbonyl (C=O) groups is 2. The highest BCUT2D eigenvalue weighted by Crippen LogP contribution is 2.15. The number of esters is 1. The number of rotatable bonds is 6. The molecule has 0 radical (unpaired) electrons. The molecule has 6 nitrogen and oxygen atoms in total. The number of hydrogen-bond acceptors (Lipinski definition) is 5. The lowest BCUT2D eigenvalue weighted by atomic mass is 10.2. The zero-order chi connectivity index (χ0) is 15.8. The van der Waals surface area contributed by atoms with Gasteiger partial charge in [-0.3, -0.25) is 14.5 Å². The molecule has 0 spiro atoms. The van der Waals surface area contributed by atoms with E-state index in [-0.39, 0.29) is 18.3 Å². The van der Waals surface area contributed by atoms with Gasteiger partial charge in [0.1, 0.15) is 0 Å². The first kappa shape index (κ1) is 16.3. The van der Waals surface area contributed by atoms with Gasteiger partial charge < -0.3 is 15.0 Å². The highest BCUT2D eigenvalue weighted by atomic mass is 16.5. The van der Waals surface area contributed by atoms with Gasteiger partial charge in [-0.1, -0.05) is 18.2 Å². The summed E-state index contributed by atoms with van der Waals surface area (Å²) in [7, 11) is 1.34. The second-order valence-electron chi connectivity index (χ2n) is 5.27. The van der Waals surface area contributed by atoms with Crippen molar-refractivity contribution in [1.29, 1.82) is 0 Å². The number of ether oxygens (including phenoxy) is 1. The molecule has 1 aliphatic rings. The SMILES string of the molecule is COC(=O)CCNC(=O)CN1CCN(c2ccccc2)CC1. The summed E-state index contributed by atoms with van der Waals surface area (Å²) in [6.07, 6.45) is 0.212. The quantitative estimate of drug-likeness (QED) is 0.775. The molecule has 6 heteroatoms. The van der Waals surface area contributed by atoms with Gasteiger partial charge in [0.25, 0.3) is 0 Å². The number of carbonyl (C=O) groups excluding carboxylic acids is 2. The Labute approximate surface area is 131 Å². The first-order valence-electron chi connectivity index (χ1n) is 7.55. The van der Waals surface area contributed by atoms with Crippen LogP contribution < -0.4 is 10.2 Å². The molecular formula is C16H23N3O3. The van der Waals surface area contributed by atoms with Crippen LogP contribution in [0.4, 0.5) is 5.69 Å². The second-order valence-corrected chi connectivity index (χ2v) is 5.27. The number of piperazine rings is 1. The third-order valence-electron chi connectivity index (χ3n) is 3.74. The summed E-state index contributed by atoms with van der Waals surface area (Å²) < 4.78 is 4.53. The average Bonchev–Trinajstić information content (AvgIpc) is 2.56. The fourth-order valence-corrected chi connectivity index (χ4v) is 2.47. The van der Waals surface area contributed by atoms with Crippen LogP contribution in [0.1, 0.15) is 6.42 Å². The molecule has 1 aromatic carbocycles. The monoisotopic (exact) mass is 305 g/mol. The van der Waals surface area contributed by atoms with Crippen molar-refractivity contribution in [2.45, 2.75) is 6.42 Å². The van der Waals surface area contributed by atoms with E-state index in [2.05, 4.69) is 32.0 Å². The number of nitrogens with one attached hydrogen (secondary N) is 1. The van der Waals surface area contributed by atoms with Gasteiger partial charge >= 0.3 is 5.97 Å². The van der Waals surface area contributed by atoms with Crippen molar-refractivity contribution in [3.63, 3.8) is 0 Å². The third-order valence-corrected chi connectivity index (χ3v) is 3.74. The second kappa shape index (κ2) is 8.38. The van der Waals surface area contributed by atoms with Gasteiger partial charge in [0.05, 0.1) is 20.1 Å². The van der Waals surface area contributed by atoms with Crippen molar-refractivity contribution < 1.29 is 14.3 Å². The Morgan fingerprint density at radius 2 is 1.82 bits per heavy atom. The van der Waals surface area contributed by atoms with Crippen molar-refractivity contribution in [3.8, 4) is 0 Å². The smallest absolute Gasteiger partial charge is 0.307 e. The molecule has 1 aliphatic heterocycles. The fraction of sp³-hybridized carbons (Fsp3) is 0.500. The van der Waals surface area contributed by atoms with Gasteiger partial charge in [-0.05, 0) is 12.1 Å². The minimum Gasteiger partial charge on any atom is -0.469 e. The van der Waals surface area contributed by atoms with E-state index in [0.717, 1.165) is 26.2 Å². The molecule has 1 N–H and O–H groups in total. The lowest BCUT2D eigenvalue weighted by Crippen LogP contribution is -2.49. The zero-order valence-electron chi connectivity index (χ0n) is 13.0. The summed E-state index contributed by atoms with van der Waals surface area (Å²) in [6, 6.07) is 10.3. The highest BCUT2D eigenvalue weighted by Gasteiger charge is 2.18. The largest absolute Gasteiger partial charge is 0.469 e. The number of anilines is 1. The predicted octanol–water partition coefficient (Wildman–Crippen LogP) is 0.488. The van der Waals surface area contributed by atoms with Crippen molar-refractivity contribution in [3.05, 3.63) is 30.3 Å². The van der Waals surface area contributed by atoms with Crippen LogP contribution in [0, 0.1) is 0 Å². The molecule has 1 heterocycles. The molecule has 1 aromatic rings. The Balaban J connectivity index is 1.67. The van der Waals surface area contributed by atoms with Gasteiger partial charge in [-0.15, -0.1) is 0 Å². The maximum absolute atomic E-state index is 11.8. The molecule has 0 unspecified atom stereocenters. The minimum absolute atomic E-state index is 0.0444. The van der Waals surface area contributed by atoms with Crippen molar-refractivity contribution in [1.82, 2.24) is 10.2 Å². The standard InChI is InChI=1S/C16H23N3O3/c1-22-16(21)7-8-17-15(20)13-18-9-11-19(12-10-18)14-5-3-2-4-6-14/h2-6H,7-13H2,1H3,(H,17,20). The summed E-state index contributed by atoms with van der Waals surface area (Å²) in [6.45, 7) is 4.26. The zero-order valence-corrected chi connectivity index (χ0v) is 13.0. The molecular weight excluding hydrogens is 282 g/mol. The molecule has 1 amide bonds. The first-order valence-corrected chi connectivity index (χ1v) is 7.55.